The topological polar surface area (TPSA) is 95.7 Å². The highest BCUT2D eigenvalue weighted by Gasteiger charge is 2.29. The van der Waals surface area contributed by atoms with Crippen molar-refractivity contribution in [1.29, 1.82) is 0 Å². The summed E-state index contributed by atoms with van der Waals surface area (Å²) in [6, 6.07) is 4.16. The average Bonchev–Trinajstić information content (AvgIpc) is 3.27. The first-order valence-corrected chi connectivity index (χ1v) is 6.87. The van der Waals surface area contributed by atoms with Gasteiger partial charge >= 0.3 is 0 Å². The van der Waals surface area contributed by atoms with Crippen molar-refractivity contribution < 1.29 is 14.8 Å². The minimum atomic E-state index is -0.631. The molecule has 21 heavy (non-hydrogen) atoms. The molecule has 0 spiro atoms. The highest BCUT2D eigenvalue weighted by Crippen LogP contribution is 2.27. The number of hydrogen-bond acceptors (Lipinski definition) is 5. The number of nitro groups is 1. The van der Waals surface area contributed by atoms with Crippen LogP contribution in [0.15, 0.2) is 18.2 Å². The minimum absolute atomic E-state index is 0.124. The van der Waals surface area contributed by atoms with Crippen LogP contribution in [-0.2, 0) is 0 Å². The van der Waals surface area contributed by atoms with Crippen molar-refractivity contribution in [2.75, 3.05) is 13.6 Å². The molecule has 7 heteroatoms. The summed E-state index contributed by atoms with van der Waals surface area (Å²) in [4.78, 5) is 24.6. The number of carbonyl (C=O) groups excluding carboxylic acids is 1. The summed E-state index contributed by atoms with van der Waals surface area (Å²) in [6.07, 6.45) is 2.35. The van der Waals surface area contributed by atoms with Crippen LogP contribution in [0.3, 0.4) is 0 Å². The summed E-state index contributed by atoms with van der Waals surface area (Å²) in [6.45, 7) is 2.40. The molecule has 0 radical (unpaired) electrons. The second kappa shape index (κ2) is 6.09. The van der Waals surface area contributed by atoms with E-state index in [1.807, 2.05) is 14.0 Å². The Kier molecular flexibility index (Phi) is 4.42. The maximum atomic E-state index is 12.1. The molecule has 2 rings (SSSR count). The van der Waals surface area contributed by atoms with E-state index in [1.54, 1.807) is 0 Å². The van der Waals surface area contributed by atoms with E-state index in [0.29, 0.717) is 12.6 Å². The number of phenolic OH excluding ortho intramolecular Hbond substituents is 1. The molecule has 0 bridgehead atoms. The molecule has 1 saturated carbocycles. The number of carbonyl (C=O) groups is 1. The van der Waals surface area contributed by atoms with E-state index >= 15 is 0 Å². The quantitative estimate of drug-likeness (QED) is 0.612. The maximum Gasteiger partial charge on any atom is 0.282 e. The normalized spacial score (nSPS) is 15.8. The van der Waals surface area contributed by atoms with Crippen LogP contribution in [0.5, 0.6) is 5.75 Å². The van der Waals surface area contributed by atoms with Gasteiger partial charge in [-0.2, -0.15) is 0 Å². The Bertz CT molecular complexity index is 557. The van der Waals surface area contributed by atoms with E-state index in [4.69, 9.17) is 0 Å². The van der Waals surface area contributed by atoms with Crippen LogP contribution in [0.4, 0.5) is 5.69 Å². The Morgan fingerprint density at radius 3 is 2.81 bits per heavy atom. The number of nitrogens with zero attached hydrogens (tertiary/aromatic N) is 2. The van der Waals surface area contributed by atoms with Gasteiger partial charge in [-0.3, -0.25) is 19.8 Å². The van der Waals surface area contributed by atoms with E-state index in [0.717, 1.165) is 12.1 Å². The standard InChI is InChI=1S/C14H19N3O4/c1-9(16(2)10-3-4-10)8-15-14(19)12-7-11(18)5-6-13(12)17(20)21/h5-7,9-10,18H,3-4,8H2,1-2H3,(H,15,19). The fourth-order valence-corrected chi connectivity index (χ4v) is 2.19. The van der Waals surface area contributed by atoms with Crippen molar-refractivity contribution in [3.63, 3.8) is 0 Å². The predicted octanol–water partition coefficient (Wildman–Crippen LogP) is 1.51. The number of likely N-dealkylation sites (N-methyl/N-ethyl adjacent to an activating group) is 1. The summed E-state index contributed by atoms with van der Waals surface area (Å²) < 4.78 is 0. The van der Waals surface area contributed by atoms with Crippen LogP contribution >= 0.6 is 0 Å². The molecule has 0 saturated heterocycles. The van der Waals surface area contributed by atoms with Crippen molar-refractivity contribution in [2.24, 2.45) is 0 Å². The largest absolute Gasteiger partial charge is 0.508 e. The average molecular weight is 293 g/mol. The molecule has 1 atom stereocenters. The second-order valence-corrected chi connectivity index (χ2v) is 5.41. The van der Waals surface area contributed by atoms with E-state index in [2.05, 4.69) is 10.2 Å². The van der Waals surface area contributed by atoms with Gasteiger partial charge in [0.15, 0.2) is 0 Å². The highest BCUT2D eigenvalue weighted by molar-refractivity contribution is 5.98. The first-order valence-electron chi connectivity index (χ1n) is 6.87. The van der Waals surface area contributed by atoms with Gasteiger partial charge in [-0.15, -0.1) is 0 Å². The van der Waals surface area contributed by atoms with Gasteiger partial charge in [0.2, 0.25) is 0 Å². The molecule has 0 aromatic heterocycles. The van der Waals surface area contributed by atoms with E-state index in [1.165, 1.54) is 18.9 Å². The van der Waals surface area contributed by atoms with Crippen molar-refractivity contribution in [2.45, 2.75) is 31.8 Å². The van der Waals surface area contributed by atoms with Crippen molar-refractivity contribution in [3.05, 3.63) is 33.9 Å². The third-order valence-electron chi connectivity index (χ3n) is 3.80. The Labute approximate surface area is 122 Å². The lowest BCUT2D eigenvalue weighted by atomic mass is 10.1. The summed E-state index contributed by atoms with van der Waals surface area (Å²) >= 11 is 0. The van der Waals surface area contributed by atoms with Gasteiger partial charge in [-0.1, -0.05) is 0 Å². The molecule has 1 amide bonds. The predicted molar refractivity (Wildman–Crippen MR) is 77.3 cm³/mol. The number of nitrogens with one attached hydrogen (secondary N) is 1. The zero-order valence-corrected chi connectivity index (χ0v) is 12.1. The molecule has 2 N–H and O–H groups in total. The fraction of sp³-hybridized carbons (Fsp3) is 0.500. The molecule has 1 aromatic rings. The van der Waals surface area contributed by atoms with Crippen LogP contribution in [0.25, 0.3) is 0 Å². The van der Waals surface area contributed by atoms with Gasteiger partial charge in [0.05, 0.1) is 4.92 Å². The Morgan fingerprint density at radius 1 is 1.57 bits per heavy atom. The van der Waals surface area contributed by atoms with Gasteiger partial charge in [-0.05, 0) is 38.9 Å². The Balaban J connectivity index is 2.02. The van der Waals surface area contributed by atoms with Gasteiger partial charge < -0.3 is 10.4 Å². The minimum Gasteiger partial charge on any atom is -0.508 e. The van der Waals surface area contributed by atoms with Crippen LogP contribution in [-0.4, -0.2) is 46.5 Å². The highest BCUT2D eigenvalue weighted by atomic mass is 16.6. The number of phenols is 1. The molecule has 114 valence electrons. The van der Waals surface area contributed by atoms with Crippen LogP contribution in [0.1, 0.15) is 30.1 Å². The van der Waals surface area contributed by atoms with Crippen LogP contribution < -0.4 is 5.32 Å². The molecule has 1 aliphatic carbocycles. The van der Waals surface area contributed by atoms with Crippen LogP contribution in [0, 0.1) is 10.1 Å². The smallest absolute Gasteiger partial charge is 0.282 e. The SMILES string of the molecule is CC(CNC(=O)c1cc(O)ccc1[N+](=O)[O-])N(C)C1CC1. The fourth-order valence-electron chi connectivity index (χ4n) is 2.19. The lowest BCUT2D eigenvalue weighted by Crippen LogP contribution is -2.41. The Morgan fingerprint density at radius 2 is 2.24 bits per heavy atom. The number of nitro benzene ring substituents is 1. The third-order valence-corrected chi connectivity index (χ3v) is 3.80. The number of aromatic hydroxyl groups is 1. The second-order valence-electron chi connectivity index (χ2n) is 5.41. The van der Waals surface area contributed by atoms with Gasteiger partial charge in [0.1, 0.15) is 11.3 Å². The third kappa shape index (κ3) is 3.69. The zero-order chi connectivity index (χ0) is 15.6. The molecule has 0 heterocycles. The summed E-state index contributed by atoms with van der Waals surface area (Å²) in [5, 5.41) is 23.0. The lowest BCUT2D eigenvalue weighted by molar-refractivity contribution is -0.385. The summed E-state index contributed by atoms with van der Waals surface area (Å²) in [5.74, 6) is -0.720. The van der Waals surface area contributed by atoms with Crippen molar-refractivity contribution >= 4 is 11.6 Å². The summed E-state index contributed by atoms with van der Waals surface area (Å²) in [5.41, 5.74) is -0.435. The number of benzene rings is 1. The monoisotopic (exact) mass is 293 g/mol. The van der Waals surface area contributed by atoms with Gasteiger partial charge in [0, 0.05) is 24.7 Å². The first-order chi connectivity index (χ1) is 9.90. The van der Waals surface area contributed by atoms with Crippen molar-refractivity contribution in [3.8, 4) is 5.75 Å². The van der Waals surface area contributed by atoms with Crippen LogP contribution in [0.2, 0.25) is 0 Å². The molecule has 1 aliphatic rings. The van der Waals surface area contributed by atoms with E-state index < -0.39 is 10.8 Å². The number of hydrogen-bond donors (Lipinski definition) is 2. The van der Waals surface area contributed by atoms with Gasteiger partial charge in [-0.25, -0.2) is 0 Å². The summed E-state index contributed by atoms with van der Waals surface area (Å²) in [7, 11) is 2.01. The molecular weight excluding hydrogens is 274 g/mol. The molecule has 1 unspecified atom stereocenters. The molecule has 1 fully saturated rings. The lowest BCUT2D eigenvalue weighted by Gasteiger charge is -2.24. The number of amides is 1. The zero-order valence-electron chi connectivity index (χ0n) is 12.1. The van der Waals surface area contributed by atoms with Crippen molar-refractivity contribution in [1.82, 2.24) is 10.2 Å². The van der Waals surface area contributed by atoms with E-state index in [9.17, 15) is 20.0 Å². The molecule has 1 aromatic carbocycles. The molecule has 7 nitrogen and oxygen atoms in total. The Hall–Kier alpha value is -2.15. The first kappa shape index (κ1) is 15.2. The number of rotatable bonds is 6. The van der Waals surface area contributed by atoms with E-state index in [-0.39, 0.29) is 23.0 Å². The maximum absolute atomic E-state index is 12.1. The molecular formula is C14H19N3O4. The van der Waals surface area contributed by atoms with Gasteiger partial charge in [0.25, 0.3) is 11.6 Å². The molecule has 0 aliphatic heterocycles.